The summed E-state index contributed by atoms with van der Waals surface area (Å²) in [6.45, 7) is 0.934. The minimum absolute atomic E-state index is 0.294. The SMILES string of the molecule is OC(COCc1ccccc1)CC(Br)CBr. The molecule has 0 saturated heterocycles. The molecule has 1 aromatic carbocycles. The van der Waals surface area contributed by atoms with Crippen LogP contribution in [0.4, 0.5) is 0 Å². The molecule has 1 aromatic rings. The van der Waals surface area contributed by atoms with Crippen LogP contribution in [0.25, 0.3) is 0 Å². The van der Waals surface area contributed by atoms with Crippen LogP contribution in [0.5, 0.6) is 0 Å². The van der Waals surface area contributed by atoms with Gasteiger partial charge in [-0.2, -0.15) is 0 Å². The molecular formula is C12H16Br2O2. The van der Waals surface area contributed by atoms with Gasteiger partial charge in [-0.05, 0) is 12.0 Å². The molecule has 2 nitrogen and oxygen atoms in total. The standard InChI is InChI=1S/C12H16Br2O2/c13-7-11(14)6-12(15)9-16-8-10-4-2-1-3-5-10/h1-5,11-12,15H,6-9H2. The van der Waals surface area contributed by atoms with Gasteiger partial charge in [0.05, 0.1) is 19.3 Å². The number of aliphatic hydroxyl groups is 1. The maximum absolute atomic E-state index is 9.65. The molecule has 0 aliphatic heterocycles. The molecule has 2 atom stereocenters. The molecule has 1 rings (SSSR count). The lowest BCUT2D eigenvalue weighted by Crippen LogP contribution is -2.20. The fourth-order valence-corrected chi connectivity index (χ4v) is 2.01. The highest BCUT2D eigenvalue weighted by Crippen LogP contribution is 2.11. The zero-order valence-electron chi connectivity index (χ0n) is 8.98. The molecule has 4 heteroatoms. The number of halogens is 2. The normalized spacial score (nSPS) is 14.7. The number of hydrogen-bond donors (Lipinski definition) is 1. The predicted molar refractivity (Wildman–Crippen MR) is 73.2 cm³/mol. The van der Waals surface area contributed by atoms with E-state index >= 15 is 0 Å². The van der Waals surface area contributed by atoms with Crippen LogP contribution < -0.4 is 0 Å². The highest BCUT2D eigenvalue weighted by Gasteiger charge is 2.10. The third kappa shape index (κ3) is 5.99. The van der Waals surface area contributed by atoms with E-state index < -0.39 is 6.10 Å². The van der Waals surface area contributed by atoms with E-state index in [2.05, 4.69) is 31.9 Å². The van der Waals surface area contributed by atoms with Crippen molar-refractivity contribution in [2.45, 2.75) is 24.0 Å². The van der Waals surface area contributed by atoms with Gasteiger partial charge in [-0.25, -0.2) is 0 Å². The molecule has 0 fully saturated rings. The van der Waals surface area contributed by atoms with Crippen molar-refractivity contribution in [1.82, 2.24) is 0 Å². The molecule has 0 spiro atoms. The summed E-state index contributed by atoms with van der Waals surface area (Å²) < 4.78 is 5.44. The first-order valence-electron chi connectivity index (χ1n) is 5.22. The first kappa shape index (κ1) is 14.2. The fourth-order valence-electron chi connectivity index (χ4n) is 1.31. The lowest BCUT2D eigenvalue weighted by Gasteiger charge is -2.13. The van der Waals surface area contributed by atoms with Crippen LogP contribution in [0.2, 0.25) is 0 Å². The molecule has 0 aromatic heterocycles. The molecule has 0 heterocycles. The monoisotopic (exact) mass is 350 g/mol. The summed E-state index contributed by atoms with van der Waals surface area (Å²) in [4.78, 5) is 0.294. The maximum atomic E-state index is 9.65. The van der Waals surface area contributed by atoms with E-state index in [1.54, 1.807) is 0 Å². The van der Waals surface area contributed by atoms with Gasteiger partial charge in [-0.1, -0.05) is 62.2 Å². The Balaban J connectivity index is 2.15. The van der Waals surface area contributed by atoms with Crippen molar-refractivity contribution in [3.05, 3.63) is 35.9 Å². The van der Waals surface area contributed by atoms with Crippen molar-refractivity contribution in [1.29, 1.82) is 0 Å². The number of hydrogen-bond acceptors (Lipinski definition) is 2. The molecule has 0 aliphatic carbocycles. The summed E-state index contributed by atoms with van der Waals surface area (Å²) in [6.07, 6.45) is 0.283. The van der Waals surface area contributed by atoms with Crippen LogP contribution in [-0.2, 0) is 11.3 Å². The Hall–Kier alpha value is 0.1000. The third-order valence-electron chi connectivity index (χ3n) is 2.12. The molecule has 1 N–H and O–H groups in total. The van der Waals surface area contributed by atoms with Gasteiger partial charge in [0.15, 0.2) is 0 Å². The first-order chi connectivity index (χ1) is 7.72. The molecule has 2 unspecified atom stereocenters. The van der Waals surface area contributed by atoms with Crippen molar-refractivity contribution in [2.24, 2.45) is 0 Å². The van der Waals surface area contributed by atoms with Gasteiger partial charge in [0.25, 0.3) is 0 Å². The summed E-state index contributed by atoms with van der Waals surface area (Å²) in [5.74, 6) is 0. The zero-order chi connectivity index (χ0) is 11.8. The number of alkyl halides is 2. The van der Waals surface area contributed by atoms with Gasteiger partial charge in [0.1, 0.15) is 0 Å². The summed E-state index contributed by atoms with van der Waals surface area (Å²) in [5, 5.41) is 10.5. The second-order valence-corrected chi connectivity index (χ2v) is 5.58. The number of aliphatic hydroxyl groups excluding tert-OH is 1. The lowest BCUT2D eigenvalue weighted by atomic mass is 10.2. The van der Waals surface area contributed by atoms with Crippen LogP contribution in [0.1, 0.15) is 12.0 Å². The van der Waals surface area contributed by atoms with E-state index in [1.165, 1.54) is 0 Å². The van der Waals surface area contributed by atoms with Crippen molar-refractivity contribution in [2.75, 3.05) is 11.9 Å². The largest absolute Gasteiger partial charge is 0.391 e. The molecule has 16 heavy (non-hydrogen) atoms. The molecule has 90 valence electrons. The van der Waals surface area contributed by atoms with E-state index in [0.29, 0.717) is 24.5 Å². The second kappa shape index (κ2) is 8.23. The Morgan fingerprint density at radius 3 is 2.56 bits per heavy atom. The van der Waals surface area contributed by atoms with Gasteiger partial charge < -0.3 is 9.84 Å². The van der Waals surface area contributed by atoms with E-state index in [9.17, 15) is 5.11 Å². The van der Waals surface area contributed by atoms with Crippen molar-refractivity contribution in [3.8, 4) is 0 Å². The third-order valence-corrected chi connectivity index (χ3v) is 4.47. The van der Waals surface area contributed by atoms with Crippen LogP contribution in [0.3, 0.4) is 0 Å². The maximum Gasteiger partial charge on any atom is 0.0784 e. The molecule has 0 saturated carbocycles. The highest BCUT2D eigenvalue weighted by molar-refractivity contribution is 9.12. The topological polar surface area (TPSA) is 29.5 Å². The van der Waals surface area contributed by atoms with Gasteiger partial charge >= 0.3 is 0 Å². The Morgan fingerprint density at radius 1 is 1.25 bits per heavy atom. The number of rotatable bonds is 7. The minimum atomic E-state index is -0.411. The van der Waals surface area contributed by atoms with E-state index in [1.807, 2.05) is 30.3 Å². The van der Waals surface area contributed by atoms with E-state index in [4.69, 9.17) is 4.74 Å². The lowest BCUT2D eigenvalue weighted by molar-refractivity contribution is 0.0253. The number of ether oxygens (including phenoxy) is 1. The second-order valence-electron chi connectivity index (χ2n) is 3.64. The smallest absolute Gasteiger partial charge is 0.0784 e. The summed E-state index contributed by atoms with van der Waals surface area (Å²) in [7, 11) is 0. The van der Waals surface area contributed by atoms with Crippen LogP contribution in [0, 0.1) is 0 Å². The quantitative estimate of drug-likeness (QED) is 0.765. The Labute approximate surface area is 113 Å². The van der Waals surface area contributed by atoms with E-state index in [-0.39, 0.29) is 0 Å². The predicted octanol–water partition coefficient (Wildman–Crippen LogP) is 3.11. The van der Waals surface area contributed by atoms with Crippen LogP contribution >= 0.6 is 31.9 Å². The molecule has 0 bridgehead atoms. The van der Waals surface area contributed by atoms with Gasteiger partial charge in [0.2, 0.25) is 0 Å². The first-order valence-corrected chi connectivity index (χ1v) is 7.26. The summed E-state index contributed by atoms with van der Waals surface area (Å²) in [5.41, 5.74) is 1.13. The summed E-state index contributed by atoms with van der Waals surface area (Å²) >= 11 is 6.80. The zero-order valence-corrected chi connectivity index (χ0v) is 12.2. The minimum Gasteiger partial charge on any atom is -0.391 e. The molecule has 0 amide bonds. The highest BCUT2D eigenvalue weighted by atomic mass is 79.9. The van der Waals surface area contributed by atoms with Gasteiger partial charge in [0, 0.05) is 10.2 Å². The number of benzene rings is 1. The van der Waals surface area contributed by atoms with Crippen LogP contribution in [-0.4, -0.2) is 28.0 Å². The van der Waals surface area contributed by atoms with E-state index in [0.717, 1.165) is 10.9 Å². The van der Waals surface area contributed by atoms with Crippen molar-refractivity contribution >= 4 is 31.9 Å². The Kier molecular flexibility index (Phi) is 7.28. The van der Waals surface area contributed by atoms with Crippen molar-refractivity contribution < 1.29 is 9.84 Å². The van der Waals surface area contributed by atoms with Gasteiger partial charge in [-0.15, -0.1) is 0 Å². The Bertz CT molecular complexity index is 280. The molecular weight excluding hydrogens is 336 g/mol. The summed E-state index contributed by atoms with van der Waals surface area (Å²) in [6, 6.07) is 9.96. The molecule has 0 aliphatic rings. The average Bonchev–Trinajstić information content (AvgIpc) is 2.30. The average molecular weight is 352 g/mol. The van der Waals surface area contributed by atoms with Crippen LogP contribution in [0.15, 0.2) is 30.3 Å². The Morgan fingerprint density at radius 2 is 1.94 bits per heavy atom. The fraction of sp³-hybridized carbons (Fsp3) is 0.500. The van der Waals surface area contributed by atoms with Crippen molar-refractivity contribution in [3.63, 3.8) is 0 Å². The molecule has 0 radical (unpaired) electrons. The van der Waals surface area contributed by atoms with Gasteiger partial charge in [-0.3, -0.25) is 0 Å².